The van der Waals surface area contributed by atoms with Gasteiger partial charge in [0.15, 0.2) is 0 Å². The standard InChI is InChI=1S/C13H18F3N5O2.ClH/c14-13(15,16)10-3-4-19-12(21-10)20-6-5-18-11(22)9-2-1-8(7-17)23-9;/h3-4,8-9H,1-2,5-7,17H2,(H,18,22)(H,19,20,21);1H/t8-,9+;/m1./s1. The van der Waals surface area contributed by atoms with Crippen LogP contribution in [0.1, 0.15) is 18.5 Å². The molecule has 2 rings (SSSR count). The molecule has 2 heterocycles. The number of nitrogens with zero attached hydrogens (tertiary/aromatic N) is 2. The normalized spacial score (nSPS) is 20.3. The summed E-state index contributed by atoms with van der Waals surface area (Å²) in [4.78, 5) is 18.9. The van der Waals surface area contributed by atoms with Gasteiger partial charge in [-0.1, -0.05) is 0 Å². The van der Waals surface area contributed by atoms with Gasteiger partial charge in [-0.3, -0.25) is 4.79 Å². The van der Waals surface area contributed by atoms with Crippen LogP contribution in [-0.2, 0) is 15.7 Å². The molecule has 0 radical (unpaired) electrons. The van der Waals surface area contributed by atoms with E-state index in [1.165, 1.54) is 0 Å². The fraction of sp³-hybridized carbons (Fsp3) is 0.615. The lowest BCUT2D eigenvalue weighted by molar-refractivity contribution is -0.141. The van der Waals surface area contributed by atoms with Gasteiger partial charge in [0, 0.05) is 25.8 Å². The molecule has 2 atom stereocenters. The first kappa shape index (κ1) is 20.4. The highest BCUT2D eigenvalue weighted by Gasteiger charge is 2.33. The van der Waals surface area contributed by atoms with Gasteiger partial charge in [0.1, 0.15) is 11.8 Å². The minimum atomic E-state index is -4.52. The average Bonchev–Trinajstić information content (AvgIpc) is 3.00. The van der Waals surface area contributed by atoms with Crippen LogP contribution in [0.25, 0.3) is 0 Å². The molecule has 0 spiro atoms. The summed E-state index contributed by atoms with van der Waals surface area (Å²) in [6, 6.07) is 0.790. The smallest absolute Gasteiger partial charge is 0.364 e. The van der Waals surface area contributed by atoms with E-state index in [1.54, 1.807) is 0 Å². The summed E-state index contributed by atoms with van der Waals surface area (Å²) in [6.45, 7) is 0.782. The maximum absolute atomic E-state index is 12.5. The number of hydrogen-bond donors (Lipinski definition) is 3. The molecule has 1 fully saturated rings. The van der Waals surface area contributed by atoms with E-state index in [1.807, 2.05) is 0 Å². The van der Waals surface area contributed by atoms with Gasteiger partial charge in [0.2, 0.25) is 11.9 Å². The molecule has 1 amide bonds. The van der Waals surface area contributed by atoms with Gasteiger partial charge in [-0.25, -0.2) is 9.97 Å². The zero-order valence-corrected chi connectivity index (χ0v) is 13.5. The van der Waals surface area contributed by atoms with Crippen LogP contribution in [0.2, 0.25) is 0 Å². The summed E-state index contributed by atoms with van der Waals surface area (Å²) >= 11 is 0. The van der Waals surface area contributed by atoms with Crippen LogP contribution in [0.5, 0.6) is 0 Å². The Morgan fingerprint density at radius 2 is 2.12 bits per heavy atom. The fourth-order valence-electron chi connectivity index (χ4n) is 2.15. The lowest BCUT2D eigenvalue weighted by atomic mass is 10.2. The Balaban J connectivity index is 0.00000288. The van der Waals surface area contributed by atoms with Crippen molar-refractivity contribution in [2.24, 2.45) is 5.73 Å². The summed E-state index contributed by atoms with van der Waals surface area (Å²) in [7, 11) is 0. The van der Waals surface area contributed by atoms with Crippen LogP contribution in [0.15, 0.2) is 12.3 Å². The molecule has 0 unspecified atom stereocenters. The summed E-state index contributed by atoms with van der Waals surface area (Å²) in [5.74, 6) is -0.401. The van der Waals surface area contributed by atoms with E-state index in [2.05, 4.69) is 20.6 Å². The van der Waals surface area contributed by atoms with Gasteiger partial charge in [-0.15, -0.1) is 12.4 Å². The van der Waals surface area contributed by atoms with E-state index >= 15 is 0 Å². The van der Waals surface area contributed by atoms with Gasteiger partial charge < -0.3 is 21.1 Å². The second-order valence-corrected chi connectivity index (χ2v) is 5.04. The summed E-state index contributed by atoms with van der Waals surface area (Å²) < 4.78 is 42.9. The molecule has 1 aliphatic rings. The average molecular weight is 370 g/mol. The highest BCUT2D eigenvalue weighted by Crippen LogP contribution is 2.27. The number of nitrogens with one attached hydrogen (secondary N) is 2. The second kappa shape index (κ2) is 9.00. The van der Waals surface area contributed by atoms with Crippen molar-refractivity contribution >= 4 is 24.3 Å². The number of carbonyl (C=O) groups is 1. The SMILES string of the molecule is Cl.NC[C@H]1CC[C@@H](C(=O)NCCNc2nccc(C(F)(F)F)n2)O1. The Labute approximate surface area is 143 Å². The molecule has 0 saturated carbocycles. The molecular formula is C13H19ClF3N5O2. The molecule has 4 N–H and O–H groups in total. The monoisotopic (exact) mass is 369 g/mol. The molecule has 0 bridgehead atoms. The van der Waals surface area contributed by atoms with Crippen molar-refractivity contribution < 1.29 is 22.7 Å². The topological polar surface area (TPSA) is 102 Å². The van der Waals surface area contributed by atoms with E-state index in [0.717, 1.165) is 18.7 Å². The van der Waals surface area contributed by atoms with E-state index in [4.69, 9.17) is 10.5 Å². The molecule has 7 nitrogen and oxygen atoms in total. The molecule has 1 saturated heterocycles. The number of halogens is 4. The maximum atomic E-state index is 12.5. The van der Waals surface area contributed by atoms with Crippen LogP contribution in [-0.4, -0.2) is 47.7 Å². The Morgan fingerprint density at radius 1 is 1.38 bits per heavy atom. The predicted octanol–water partition coefficient (Wildman–Crippen LogP) is 0.952. The molecule has 11 heteroatoms. The first-order valence-corrected chi connectivity index (χ1v) is 7.17. The Kier molecular flexibility index (Phi) is 7.64. The lowest BCUT2D eigenvalue weighted by Gasteiger charge is -2.13. The van der Waals surface area contributed by atoms with Gasteiger partial charge >= 0.3 is 6.18 Å². The Hall–Kier alpha value is -1.65. The quantitative estimate of drug-likeness (QED) is 0.645. The number of ether oxygens (including phenoxy) is 1. The lowest BCUT2D eigenvalue weighted by Crippen LogP contribution is -2.37. The van der Waals surface area contributed by atoms with E-state index < -0.39 is 18.0 Å². The number of aromatic nitrogens is 2. The van der Waals surface area contributed by atoms with E-state index in [0.29, 0.717) is 13.0 Å². The number of amides is 1. The van der Waals surface area contributed by atoms with Crippen molar-refractivity contribution in [3.05, 3.63) is 18.0 Å². The molecule has 1 aromatic rings. The van der Waals surface area contributed by atoms with Crippen LogP contribution in [0.4, 0.5) is 19.1 Å². The van der Waals surface area contributed by atoms with Crippen LogP contribution in [0, 0.1) is 0 Å². The first-order valence-electron chi connectivity index (χ1n) is 7.17. The van der Waals surface area contributed by atoms with Crippen LogP contribution < -0.4 is 16.4 Å². The van der Waals surface area contributed by atoms with E-state index in [-0.39, 0.29) is 43.5 Å². The van der Waals surface area contributed by atoms with Crippen molar-refractivity contribution in [2.45, 2.75) is 31.2 Å². The molecule has 136 valence electrons. The number of anilines is 1. The fourth-order valence-corrected chi connectivity index (χ4v) is 2.15. The molecule has 0 aromatic carbocycles. The third-order valence-electron chi connectivity index (χ3n) is 3.32. The van der Waals surface area contributed by atoms with Crippen LogP contribution in [0.3, 0.4) is 0 Å². The van der Waals surface area contributed by atoms with Gasteiger partial charge in [0.05, 0.1) is 6.10 Å². The molecular weight excluding hydrogens is 351 g/mol. The third kappa shape index (κ3) is 5.77. The Bertz CT molecular complexity index is 547. The van der Waals surface area contributed by atoms with E-state index in [9.17, 15) is 18.0 Å². The van der Waals surface area contributed by atoms with Gasteiger partial charge in [-0.05, 0) is 18.9 Å². The number of alkyl halides is 3. The maximum Gasteiger partial charge on any atom is 0.433 e. The highest BCUT2D eigenvalue weighted by molar-refractivity contribution is 5.85. The zero-order chi connectivity index (χ0) is 16.9. The van der Waals surface area contributed by atoms with Crippen molar-refractivity contribution in [1.82, 2.24) is 15.3 Å². The first-order chi connectivity index (χ1) is 10.9. The van der Waals surface area contributed by atoms with Gasteiger partial charge in [0.25, 0.3) is 0 Å². The highest BCUT2D eigenvalue weighted by atomic mass is 35.5. The third-order valence-corrected chi connectivity index (χ3v) is 3.32. The predicted molar refractivity (Wildman–Crippen MR) is 82.7 cm³/mol. The van der Waals surface area contributed by atoms with Crippen molar-refractivity contribution in [1.29, 1.82) is 0 Å². The van der Waals surface area contributed by atoms with Crippen molar-refractivity contribution in [3.63, 3.8) is 0 Å². The number of hydrogen-bond acceptors (Lipinski definition) is 6. The number of rotatable bonds is 6. The number of carbonyl (C=O) groups excluding carboxylic acids is 1. The molecule has 0 aliphatic carbocycles. The second-order valence-electron chi connectivity index (χ2n) is 5.04. The zero-order valence-electron chi connectivity index (χ0n) is 12.7. The van der Waals surface area contributed by atoms with Crippen LogP contribution >= 0.6 is 12.4 Å². The Morgan fingerprint density at radius 3 is 2.75 bits per heavy atom. The van der Waals surface area contributed by atoms with Crippen molar-refractivity contribution in [2.75, 3.05) is 25.0 Å². The molecule has 1 aliphatic heterocycles. The summed E-state index contributed by atoms with van der Waals surface area (Å²) in [5, 5.41) is 5.26. The summed E-state index contributed by atoms with van der Waals surface area (Å²) in [5.41, 5.74) is 4.44. The summed E-state index contributed by atoms with van der Waals surface area (Å²) in [6.07, 6.45) is -2.76. The molecule has 1 aromatic heterocycles. The largest absolute Gasteiger partial charge is 0.433 e. The molecule has 24 heavy (non-hydrogen) atoms. The van der Waals surface area contributed by atoms with Crippen molar-refractivity contribution in [3.8, 4) is 0 Å². The minimum absolute atomic E-state index is 0. The number of nitrogens with two attached hydrogens (primary N) is 1. The van der Waals surface area contributed by atoms with Gasteiger partial charge in [-0.2, -0.15) is 13.2 Å². The minimum Gasteiger partial charge on any atom is -0.364 e.